The van der Waals surface area contributed by atoms with Crippen LogP contribution in [-0.4, -0.2) is 74.7 Å². The number of piperazine rings is 1. The molecule has 2 amide bonds. The smallest absolute Gasteiger partial charge is 0.338 e. The summed E-state index contributed by atoms with van der Waals surface area (Å²) in [6.45, 7) is 1.04. The number of carbonyl (C=O) groups excluding carboxylic acids is 3. The second-order valence-corrected chi connectivity index (χ2v) is 9.81. The van der Waals surface area contributed by atoms with Gasteiger partial charge >= 0.3 is 5.97 Å². The molecule has 174 valence electrons. The summed E-state index contributed by atoms with van der Waals surface area (Å²) in [4.78, 5) is 40.0. The summed E-state index contributed by atoms with van der Waals surface area (Å²) in [6, 6.07) is 14.7. The number of amides is 2. The molecule has 33 heavy (non-hydrogen) atoms. The van der Waals surface area contributed by atoms with E-state index in [9.17, 15) is 22.8 Å². The van der Waals surface area contributed by atoms with E-state index in [0.717, 1.165) is 12.1 Å². The van der Waals surface area contributed by atoms with Crippen LogP contribution < -0.4 is 4.90 Å². The van der Waals surface area contributed by atoms with Gasteiger partial charge in [-0.05, 0) is 42.8 Å². The molecule has 2 heterocycles. The van der Waals surface area contributed by atoms with Crippen molar-refractivity contribution < 1.29 is 27.5 Å². The summed E-state index contributed by atoms with van der Waals surface area (Å²) in [5.74, 6) is -0.945. The van der Waals surface area contributed by atoms with E-state index in [1.54, 1.807) is 59.5 Å². The van der Waals surface area contributed by atoms with Crippen molar-refractivity contribution in [3.63, 3.8) is 0 Å². The van der Waals surface area contributed by atoms with Crippen LogP contribution in [-0.2, 0) is 24.3 Å². The van der Waals surface area contributed by atoms with Gasteiger partial charge in [0.15, 0.2) is 6.61 Å². The Morgan fingerprint density at radius 3 is 2.15 bits per heavy atom. The highest BCUT2D eigenvalue weighted by Crippen LogP contribution is 2.22. The Bertz CT molecular complexity index is 1130. The van der Waals surface area contributed by atoms with Gasteiger partial charge in [0.05, 0.1) is 10.5 Å². The Labute approximate surface area is 192 Å². The van der Waals surface area contributed by atoms with E-state index in [1.807, 2.05) is 0 Å². The van der Waals surface area contributed by atoms with Crippen molar-refractivity contribution >= 4 is 33.5 Å². The molecule has 0 atom stereocenters. The topological polar surface area (TPSA) is 104 Å². The molecule has 0 aromatic heterocycles. The molecule has 2 aliphatic heterocycles. The third kappa shape index (κ3) is 5.07. The van der Waals surface area contributed by atoms with Crippen LogP contribution in [0.1, 0.15) is 23.2 Å². The minimum absolute atomic E-state index is 0.0626. The predicted octanol–water partition coefficient (Wildman–Crippen LogP) is 1.50. The molecule has 2 aromatic carbocycles. The van der Waals surface area contributed by atoms with Crippen molar-refractivity contribution in [3.8, 4) is 0 Å². The van der Waals surface area contributed by atoms with Gasteiger partial charge in [-0.1, -0.05) is 18.2 Å². The molecule has 0 radical (unpaired) electrons. The number of ether oxygens (including phenoxy) is 1. The maximum Gasteiger partial charge on any atom is 0.338 e. The first kappa shape index (κ1) is 22.9. The number of benzene rings is 2. The van der Waals surface area contributed by atoms with Crippen molar-refractivity contribution in [2.75, 3.05) is 44.2 Å². The van der Waals surface area contributed by atoms with Gasteiger partial charge in [0.1, 0.15) is 0 Å². The number of nitrogens with zero attached hydrogens (tertiary/aromatic N) is 3. The molecule has 2 aromatic rings. The van der Waals surface area contributed by atoms with Crippen LogP contribution in [0.5, 0.6) is 0 Å². The quantitative estimate of drug-likeness (QED) is 0.592. The average molecular weight is 472 g/mol. The molecule has 0 saturated carbocycles. The van der Waals surface area contributed by atoms with Crippen LogP contribution in [0.25, 0.3) is 0 Å². The summed E-state index contributed by atoms with van der Waals surface area (Å²) in [7, 11) is -3.60. The summed E-state index contributed by atoms with van der Waals surface area (Å²) in [5.41, 5.74) is 1.02. The van der Waals surface area contributed by atoms with Gasteiger partial charge in [0.25, 0.3) is 5.91 Å². The predicted molar refractivity (Wildman–Crippen MR) is 120 cm³/mol. The monoisotopic (exact) mass is 471 g/mol. The third-order valence-electron chi connectivity index (χ3n) is 5.79. The van der Waals surface area contributed by atoms with E-state index in [0.29, 0.717) is 13.0 Å². The third-order valence-corrected chi connectivity index (χ3v) is 7.70. The highest BCUT2D eigenvalue weighted by molar-refractivity contribution is 7.89. The maximum atomic E-state index is 12.7. The number of esters is 1. The molecule has 10 heteroatoms. The Hall–Kier alpha value is -3.24. The van der Waals surface area contributed by atoms with Gasteiger partial charge in [-0.3, -0.25) is 9.59 Å². The molecular formula is C23H25N3O6S. The summed E-state index contributed by atoms with van der Waals surface area (Å²) < 4.78 is 31.9. The van der Waals surface area contributed by atoms with E-state index < -0.39 is 22.6 Å². The zero-order valence-electron chi connectivity index (χ0n) is 18.1. The van der Waals surface area contributed by atoms with E-state index >= 15 is 0 Å². The van der Waals surface area contributed by atoms with Crippen molar-refractivity contribution in [2.24, 2.45) is 0 Å². The molecule has 0 N–H and O–H groups in total. The minimum atomic E-state index is -3.60. The number of sulfonamides is 1. The molecule has 0 bridgehead atoms. The first-order chi connectivity index (χ1) is 15.9. The van der Waals surface area contributed by atoms with Crippen molar-refractivity contribution in [1.82, 2.24) is 9.21 Å². The van der Waals surface area contributed by atoms with Gasteiger partial charge in [-0.2, -0.15) is 4.31 Å². The lowest BCUT2D eigenvalue weighted by atomic mass is 10.2. The number of hydrogen-bond donors (Lipinski definition) is 0. The number of anilines is 1. The number of rotatable bonds is 6. The standard InChI is InChI=1S/C23H25N3O6S/c27-21-7-4-12-26(21)19-10-8-18(9-11-19)23(29)32-17-22(28)24-13-15-25(16-14-24)33(30,31)20-5-2-1-3-6-20/h1-3,5-6,8-11H,4,7,12-17H2. The fourth-order valence-electron chi connectivity index (χ4n) is 3.92. The SMILES string of the molecule is O=C(OCC(=O)N1CCN(S(=O)(=O)c2ccccc2)CC1)c1ccc(N2CCCC2=O)cc1. The number of carbonyl (C=O) groups is 3. The summed E-state index contributed by atoms with van der Waals surface area (Å²) in [6.07, 6.45) is 1.34. The van der Waals surface area contributed by atoms with Crippen LogP contribution in [0.4, 0.5) is 5.69 Å². The first-order valence-electron chi connectivity index (χ1n) is 10.8. The van der Waals surface area contributed by atoms with Crippen LogP contribution in [0.15, 0.2) is 59.5 Å². The molecule has 2 aliphatic rings. The zero-order chi connectivity index (χ0) is 23.4. The van der Waals surface area contributed by atoms with Gasteiger partial charge in [-0.25, -0.2) is 13.2 Å². The van der Waals surface area contributed by atoms with Crippen LogP contribution in [0, 0.1) is 0 Å². The molecule has 4 rings (SSSR count). The lowest BCUT2D eigenvalue weighted by Crippen LogP contribution is -2.51. The van der Waals surface area contributed by atoms with Crippen LogP contribution in [0.3, 0.4) is 0 Å². The second-order valence-electron chi connectivity index (χ2n) is 7.87. The maximum absolute atomic E-state index is 12.7. The molecule has 2 fully saturated rings. The normalized spacial score (nSPS) is 17.3. The Kier molecular flexibility index (Phi) is 6.75. The van der Waals surface area contributed by atoms with E-state index in [2.05, 4.69) is 0 Å². The fourth-order valence-corrected chi connectivity index (χ4v) is 5.36. The Morgan fingerprint density at radius 1 is 0.879 bits per heavy atom. The van der Waals surface area contributed by atoms with E-state index in [-0.39, 0.29) is 48.5 Å². The molecular weight excluding hydrogens is 446 g/mol. The largest absolute Gasteiger partial charge is 0.452 e. The molecule has 2 saturated heterocycles. The van der Waals surface area contributed by atoms with Gasteiger partial charge in [0, 0.05) is 44.8 Å². The lowest BCUT2D eigenvalue weighted by molar-refractivity contribution is -0.135. The Morgan fingerprint density at radius 2 is 1.55 bits per heavy atom. The highest BCUT2D eigenvalue weighted by Gasteiger charge is 2.30. The van der Waals surface area contributed by atoms with E-state index in [1.165, 1.54) is 9.21 Å². The minimum Gasteiger partial charge on any atom is -0.452 e. The lowest BCUT2D eigenvalue weighted by Gasteiger charge is -2.33. The first-order valence-corrected chi connectivity index (χ1v) is 12.2. The number of hydrogen-bond acceptors (Lipinski definition) is 6. The van der Waals surface area contributed by atoms with Crippen LogP contribution >= 0.6 is 0 Å². The zero-order valence-corrected chi connectivity index (χ0v) is 18.9. The van der Waals surface area contributed by atoms with E-state index in [4.69, 9.17) is 4.74 Å². The highest BCUT2D eigenvalue weighted by atomic mass is 32.2. The van der Waals surface area contributed by atoms with Gasteiger partial charge in [-0.15, -0.1) is 0 Å². The molecule has 0 spiro atoms. The van der Waals surface area contributed by atoms with Crippen molar-refractivity contribution in [1.29, 1.82) is 0 Å². The summed E-state index contributed by atoms with van der Waals surface area (Å²) >= 11 is 0. The molecule has 9 nitrogen and oxygen atoms in total. The second kappa shape index (κ2) is 9.72. The van der Waals surface area contributed by atoms with Crippen molar-refractivity contribution in [2.45, 2.75) is 17.7 Å². The molecule has 0 unspecified atom stereocenters. The fraction of sp³-hybridized carbons (Fsp3) is 0.348. The van der Waals surface area contributed by atoms with Crippen molar-refractivity contribution in [3.05, 3.63) is 60.2 Å². The molecule has 0 aliphatic carbocycles. The van der Waals surface area contributed by atoms with Crippen LogP contribution in [0.2, 0.25) is 0 Å². The van der Waals surface area contributed by atoms with Gasteiger partial charge in [0.2, 0.25) is 15.9 Å². The summed E-state index contributed by atoms with van der Waals surface area (Å²) in [5, 5.41) is 0. The van der Waals surface area contributed by atoms with Gasteiger partial charge < -0.3 is 14.5 Å². The Balaban J connectivity index is 1.26. The average Bonchev–Trinajstić information content (AvgIpc) is 3.28.